The van der Waals surface area contributed by atoms with Gasteiger partial charge in [0, 0.05) is 18.4 Å². The van der Waals surface area contributed by atoms with Gasteiger partial charge in [-0.15, -0.1) is 0 Å². The third kappa shape index (κ3) is 4.90. The molecule has 0 heterocycles. The number of aliphatic hydroxyl groups excluding tert-OH is 1. The van der Waals surface area contributed by atoms with Crippen LogP contribution in [0, 0.1) is 5.41 Å². The van der Waals surface area contributed by atoms with E-state index in [1.807, 2.05) is 0 Å². The highest BCUT2D eigenvalue weighted by Crippen LogP contribution is 2.33. The SMILES string of the molecule is N=Cc1ccc(OCCCCCO)cc1C(F)(F)F. The Labute approximate surface area is 109 Å². The zero-order valence-electron chi connectivity index (χ0n) is 10.3. The molecule has 3 nitrogen and oxygen atoms in total. The van der Waals surface area contributed by atoms with Crippen LogP contribution in [0.1, 0.15) is 30.4 Å². The summed E-state index contributed by atoms with van der Waals surface area (Å²) in [5, 5.41) is 15.5. The van der Waals surface area contributed by atoms with E-state index in [0.717, 1.165) is 12.5 Å². The molecule has 0 saturated heterocycles. The van der Waals surface area contributed by atoms with Gasteiger partial charge in [-0.25, -0.2) is 0 Å². The molecule has 0 amide bonds. The molecule has 0 fully saturated rings. The van der Waals surface area contributed by atoms with E-state index in [1.54, 1.807) is 0 Å². The fourth-order valence-electron chi connectivity index (χ4n) is 1.58. The first-order valence-electron chi connectivity index (χ1n) is 5.94. The summed E-state index contributed by atoms with van der Waals surface area (Å²) in [6, 6.07) is 3.55. The van der Waals surface area contributed by atoms with E-state index in [2.05, 4.69) is 0 Å². The van der Waals surface area contributed by atoms with Crippen molar-refractivity contribution in [2.45, 2.75) is 25.4 Å². The third-order valence-electron chi connectivity index (χ3n) is 2.56. The van der Waals surface area contributed by atoms with E-state index >= 15 is 0 Å². The Morgan fingerprint density at radius 2 is 1.95 bits per heavy atom. The molecular weight excluding hydrogens is 259 g/mol. The Bertz CT molecular complexity index is 419. The lowest BCUT2D eigenvalue weighted by Crippen LogP contribution is -2.09. The maximum atomic E-state index is 12.7. The molecule has 0 aromatic heterocycles. The first kappa shape index (κ1) is 15.5. The molecule has 19 heavy (non-hydrogen) atoms. The highest BCUT2D eigenvalue weighted by Gasteiger charge is 2.33. The Kier molecular flexibility index (Phi) is 5.82. The molecule has 1 aromatic carbocycles. The highest BCUT2D eigenvalue weighted by molar-refractivity contribution is 5.80. The van der Waals surface area contributed by atoms with Crippen LogP contribution in [0.25, 0.3) is 0 Å². The smallest absolute Gasteiger partial charge is 0.417 e. The van der Waals surface area contributed by atoms with Crippen LogP contribution in [0.5, 0.6) is 5.75 Å². The molecule has 2 N–H and O–H groups in total. The first-order chi connectivity index (χ1) is 8.99. The van der Waals surface area contributed by atoms with Crippen molar-refractivity contribution in [3.63, 3.8) is 0 Å². The number of ether oxygens (including phenoxy) is 1. The molecule has 0 unspecified atom stereocenters. The standard InChI is InChI=1S/C13H16F3NO2/c14-13(15,16)12-8-11(5-4-10(12)9-17)19-7-3-1-2-6-18/h4-5,8-9,17-18H,1-3,6-7H2. The Morgan fingerprint density at radius 3 is 2.53 bits per heavy atom. The Balaban J connectivity index is 2.68. The average Bonchev–Trinajstić information content (AvgIpc) is 2.37. The van der Waals surface area contributed by atoms with E-state index in [-0.39, 0.29) is 17.9 Å². The van der Waals surface area contributed by atoms with Crippen molar-refractivity contribution in [3.05, 3.63) is 29.3 Å². The van der Waals surface area contributed by atoms with Gasteiger partial charge >= 0.3 is 6.18 Å². The molecule has 0 saturated carbocycles. The van der Waals surface area contributed by atoms with Crippen molar-refractivity contribution in [2.75, 3.05) is 13.2 Å². The van der Waals surface area contributed by atoms with E-state index in [4.69, 9.17) is 15.3 Å². The second-order valence-electron chi connectivity index (χ2n) is 4.02. The van der Waals surface area contributed by atoms with Crippen molar-refractivity contribution in [1.82, 2.24) is 0 Å². The molecule has 0 aliphatic heterocycles. The van der Waals surface area contributed by atoms with Gasteiger partial charge in [0.1, 0.15) is 5.75 Å². The normalized spacial score (nSPS) is 11.4. The Hall–Kier alpha value is -1.56. The second-order valence-corrected chi connectivity index (χ2v) is 4.02. The molecule has 0 spiro atoms. The second kappa shape index (κ2) is 7.13. The van der Waals surface area contributed by atoms with Crippen molar-refractivity contribution in [1.29, 1.82) is 5.41 Å². The molecule has 106 valence electrons. The zero-order valence-corrected chi connectivity index (χ0v) is 10.3. The highest BCUT2D eigenvalue weighted by atomic mass is 19.4. The Morgan fingerprint density at radius 1 is 1.21 bits per heavy atom. The lowest BCUT2D eigenvalue weighted by molar-refractivity contribution is -0.137. The number of hydrogen-bond acceptors (Lipinski definition) is 3. The van der Waals surface area contributed by atoms with Gasteiger partial charge in [-0.3, -0.25) is 0 Å². The number of benzene rings is 1. The van der Waals surface area contributed by atoms with Gasteiger partial charge in [-0.05, 0) is 37.5 Å². The van der Waals surface area contributed by atoms with Crippen molar-refractivity contribution in [3.8, 4) is 5.75 Å². The predicted molar refractivity (Wildman–Crippen MR) is 65.8 cm³/mol. The van der Waals surface area contributed by atoms with Gasteiger partial charge in [-0.1, -0.05) is 0 Å². The quantitative estimate of drug-likeness (QED) is 0.593. The predicted octanol–water partition coefficient (Wildman–Crippen LogP) is 3.24. The van der Waals surface area contributed by atoms with Crippen molar-refractivity contribution in [2.24, 2.45) is 0 Å². The molecule has 6 heteroatoms. The molecule has 0 aliphatic rings. The van der Waals surface area contributed by atoms with Crippen LogP contribution in [-0.4, -0.2) is 24.5 Å². The number of nitrogens with one attached hydrogen (secondary N) is 1. The summed E-state index contributed by atoms with van der Waals surface area (Å²) in [6.45, 7) is 0.410. The summed E-state index contributed by atoms with van der Waals surface area (Å²) < 4.78 is 43.4. The van der Waals surface area contributed by atoms with Crippen LogP contribution in [-0.2, 0) is 6.18 Å². The van der Waals surface area contributed by atoms with E-state index in [9.17, 15) is 13.2 Å². The summed E-state index contributed by atoms with van der Waals surface area (Å²) in [4.78, 5) is 0. The molecule has 1 aromatic rings. The van der Waals surface area contributed by atoms with E-state index < -0.39 is 11.7 Å². The zero-order chi connectivity index (χ0) is 14.3. The van der Waals surface area contributed by atoms with Crippen molar-refractivity contribution >= 4 is 6.21 Å². The third-order valence-corrected chi connectivity index (χ3v) is 2.56. The van der Waals surface area contributed by atoms with Crippen LogP contribution in [0.2, 0.25) is 0 Å². The molecular formula is C13H16F3NO2. The van der Waals surface area contributed by atoms with E-state index in [0.29, 0.717) is 25.7 Å². The van der Waals surface area contributed by atoms with Gasteiger partial charge in [0.25, 0.3) is 0 Å². The van der Waals surface area contributed by atoms with Gasteiger partial charge in [0.2, 0.25) is 0 Å². The molecule has 0 atom stereocenters. The lowest BCUT2D eigenvalue weighted by Gasteiger charge is -2.12. The molecule has 0 aliphatic carbocycles. The van der Waals surface area contributed by atoms with Crippen LogP contribution < -0.4 is 4.74 Å². The first-order valence-corrected chi connectivity index (χ1v) is 5.94. The van der Waals surface area contributed by atoms with Crippen LogP contribution in [0.4, 0.5) is 13.2 Å². The number of aliphatic hydroxyl groups is 1. The minimum absolute atomic E-state index is 0.103. The number of rotatable bonds is 7. The topological polar surface area (TPSA) is 53.3 Å². The minimum atomic E-state index is -4.50. The summed E-state index contributed by atoms with van der Waals surface area (Å²) in [6.07, 6.45) is -1.73. The van der Waals surface area contributed by atoms with Gasteiger partial charge < -0.3 is 15.3 Å². The van der Waals surface area contributed by atoms with Gasteiger partial charge in [0.15, 0.2) is 0 Å². The van der Waals surface area contributed by atoms with Crippen LogP contribution in [0.15, 0.2) is 18.2 Å². The van der Waals surface area contributed by atoms with Crippen molar-refractivity contribution < 1.29 is 23.0 Å². The van der Waals surface area contributed by atoms with E-state index in [1.165, 1.54) is 12.1 Å². The fourth-order valence-corrected chi connectivity index (χ4v) is 1.58. The van der Waals surface area contributed by atoms with Gasteiger partial charge in [0.05, 0.1) is 12.2 Å². The van der Waals surface area contributed by atoms with Crippen LogP contribution >= 0.6 is 0 Å². The average molecular weight is 275 g/mol. The number of alkyl halides is 3. The summed E-state index contributed by atoms with van der Waals surface area (Å²) in [5.74, 6) is 0.141. The fraction of sp³-hybridized carbons (Fsp3) is 0.462. The van der Waals surface area contributed by atoms with Gasteiger partial charge in [-0.2, -0.15) is 13.2 Å². The molecule has 0 radical (unpaired) electrons. The molecule has 0 bridgehead atoms. The summed E-state index contributed by atoms with van der Waals surface area (Å²) in [5.41, 5.74) is -1.05. The summed E-state index contributed by atoms with van der Waals surface area (Å²) >= 11 is 0. The minimum Gasteiger partial charge on any atom is -0.494 e. The summed E-state index contributed by atoms with van der Waals surface area (Å²) in [7, 11) is 0. The number of hydrogen-bond donors (Lipinski definition) is 2. The lowest BCUT2D eigenvalue weighted by atomic mass is 10.1. The molecule has 1 rings (SSSR count). The maximum Gasteiger partial charge on any atom is 0.417 e. The number of halogens is 3. The largest absolute Gasteiger partial charge is 0.494 e. The number of unbranched alkanes of at least 4 members (excludes halogenated alkanes) is 2. The monoisotopic (exact) mass is 275 g/mol. The van der Waals surface area contributed by atoms with Crippen LogP contribution in [0.3, 0.4) is 0 Å². The maximum absolute atomic E-state index is 12.7.